The van der Waals surface area contributed by atoms with Crippen LogP contribution >= 0.6 is 23.4 Å². The summed E-state index contributed by atoms with van der Waals surface area (Å²) in [7, 11) is 0. The van der Waals surface area contributed by atoms with Crippen molar-refractivity contribution in [3.63, 3.8) is 0 Å². The highest BCUT2D eigenvalue weighted by atomic mass is 35.5. The van der Waals surface area contributed by atoms with E-state index in [2.05, 4.69) is 35.7 Å². The molecule has 0 radical (unpaired) electrons. The second kappa shape index (κ2) is 8.49. The van der Waals surface area contributed by atoms with Gasteiger partial charge < -0.3 is 10.6 Å². The third-order valence-corrected chi connectivity index (χ3v) is 5.64. The summed E-state index contributed by atoms with van der Waals surface area (Å²) in [5.74, 6) is 0.510. The van der Waals surface area contributed by atoms with Crippen LogP contribution in [0.5, 0.6) is 0 Å². The van der Waals surface area contributed by atoms with Crippen LogP contribution in [0.25, 0.3) is 0 Å². The molecule has 1 aromatic heterocycles. The van der Waals surface area contributed by atoms with E-state index in [1.807, 2.05) is 6.92 Å². The molecule has 6 heteroatoms. The molecule has 4 nitrogen and oxygen atoms in total. The van der Waals surface area contributed by atoms with Gasteiger partial charge in [-0.05, 0) is 32.1 Å². The molecule has 1 rings (SSSR count). The molecule has 1 aromatic rings. The van der Waals surface area contributed by atoms with Gasteiger partial charge in [-0.15, -0.1) is 0 Å². The number of carbonyl (C=O) groups is 1. The standard InChI is InChI=1S/C15H24ClN3OS/c1-5-15(6-2,21-4)10-19-14(20)11-8-13(17-7-3)18-9-12(11)16/h8-9H,5-7,10H2,1-4H3,(H,17,18)(H,19,20). The molecule has 0 aliphatic rings. The number of pyridine rings is 1. The molecule has 0 unspecified atom stereocenters. The fourth-order valence-corrected chi connectivity index (χ4v) is 3.07. The van der Waals surface area contributed by atoms with Crippen molar-refractivity contribution in [2.75, 3.05) is 24.7 Å². The Labute approximate surface area is 136 Å². The molecule has 1 amide bonds. The Morgan fingerprint density at radius 2 is 2.05 bits per heavy atom. The largest absolute Gasteiger partial charge is 0.370 e. The van der Waals surface area contributed by atoms with Crippen molar-refractivity contribution in [3.05, 3.63) is 22.8 Å². The molecule has 0 saturated carbocycles. The van der Waals surface area contributed by atoms with Gasteiger partial charge in [0.15, 0.2) is 0 Å². The van der Waals surface area contributed by atoms with Crippen LogP contribution in [-0.4, -0.2) is 35.0 Å². The van der Waals surface area contributed by atoms with Crippen molar-refractivity contribution in [2.45, 2.75) is 38.4 Å². The van der Waals surface area contributed by atoms with E-state index in [9.17, 15) is 4.79 Å². The zero-order chi connectivity index (χ0) is 15.9. The highest BCUT2D eigenvalue weighted by molar-refractivity contribution is 8.00. The number of hydrogen-bond donors (Lipinski definition) is 2. The Kier molecular flexibility index (Phi) is 7.32. The Morgan fingerprint density at radius 1 is 1.38 bits per heavy atom. The van der Waals surface area contributed by atoms with Gasteiger partial charge >= 0.3 is 0 Å². The minimum absolute atomic E-state index is 0.0830. The van der Waals surface area contributed by atoms with E-state index in [1.54, 1.807) is 17.8 Å². The summed E-state index contributed by atoms with van der Waals surface area (Å²) in [6.45, 7) is 7.65. The van der Waals surface area contributed by atoms with Crippen LogP contribution in [0, 0.1) is 0 Å². The Balaban J connectivity index is 2.82. The van der Waals surface area contributed by atoms with Crippen LogP contribution < -0.4 is 10.6 Å². The van der Waals surface area contributed by atoms with Crippen molar-refractivity contribution in [1.82, 2.24) is 10.3 Å². The van der Waals surface area contributed by atoms with Crippen molar-refractivity contribution >= 4 is 35.1 Å². The van der Waals surface area contributed by atoms with Gasteiger partial charge in [0.25, 0.3) is 5.91 Å². The van der Waals surface area contributed by atoms with Gasteiger partial charge in [-0.2, -0.15) is 11.8 Å². The Bertz CT molecular complexity index is 470. The van der Waals surface area contributed by atoms with Crippen LogP contribution in [0.3, 0.4) is 0 Å². The molecule has 0 aromatic carbocycles. The molecule has 0 atom stereocenters. The van der Waals surface area contributed by atoms with Crippen LogP contribution in [-0.2, 0) is 0 Å². The normalized spacial score (nSPS) is 11.3. The minimum Gasteiger partial charge on any atom is -0.370 e. The third-order valence-electron chi connectivity index (χ3n) is 3.75. The molecular weight excluding hydrogens is 306 g/mol. The first-order valence-electron chi connectivity index (χ1n) is 7.24. The maximum absolute atomic E-state index is 12.4. The number of aromatic nitrogens is 1. The van der Waals surface area contributed by atoms with E-state index >= 15 is 0 Å². The summed E-state index contributed by atoms with van der Waals surface area (Å²) in [4.78, 5) is 16.5. The first-order chi connectivity index (χ1) is 10.0. The first-order valence-corrected chi connectivity index (χ1v) is 8.85. The maximum atomic E-state index is 12.4. The van der Waals surface area contributed by atoms with Gasteiger partial charge in [0, 0.05) is 24.0 Å². The lowest BCUT2D eigenvalue weighted by Gasteiger charge is -2.29. The summed E-state index contributed by atoms with van der Waals surface area (Å²) >= 11 is 7.88. The number of anilines is 1. The fraction of sp³-hybridized carbons (Fsp3) is 0.600. The minimum atomic E-state index is -0.151. The summed E-state index contributed by atoms with van der Waals surface area (Å²) in [6.07, 6.45) is 5.62. The Morgan fingerprint density at radius 3 is 2.57 bits per heavy atom. The van der Waals surface area contributed by atoms with E-state index in [1.165, 1.54) is 6.20 Å². The van der Waals surface area contributed by atoms with E-state index in [0.29, 0.717) is 22.9 Å². The van der Waals surface area contributed by atoms with E-state index < -0.39 is 0 Å². The summed E-state index contributed by atoms with van der Waals surface area (Å²) in [6, 6.07) is 1.69. The first kappa shape index (κ1) is 18.1. The lowest BCUT2D eigenvalue weighted by atomic mass is 10.0. The molecule has 0 fully saturated rings. The van der Waals surface area contributed by atoms with Crippen molar-refractivity contribution in [2.24, 2.45) is 0 Å². The number of thioether (sulfide) groups is 1. The lowest BCUT2D eigenvalue weighted by molar-refractivity contribution is 0.0949. The van der Waals surface area contributed by atoms with Gasteiger partial charge in [-0.1, -0.05) is 25.4 Å². The maximum Gasteiger partial charge on any atom is 0.253 e. The molecular formula is C15H24ClN3OS. The third kappa shape index (κ3) is 4.78. The van der Waals surface area contributed by atoms with Crippen LogP contribution in [0.1, 0.15) is 44.0 Å². The number of nitrogens with zero attached hydrogens (tertiary/aromatic N) is 1. The predicted octanol–water partition coefficient (Wildman–Crippen LogP) is 3.82. The molecule has 21 heavy (non-hydrogen) atoms. The second-order valence-corrected chi connectivity index (χ2v) is 6.54. The summed E-state index contributed by atoms with van der Waals surface area (Å²) in [5.41, 5.74) is 0.463. The molecule has 118 valence electrons. The van der Waals surface area contributed by atoms with E-state index in [0.717, 1.165) is 19.4 Å². The zero-order valence-corrected chi connectivity index (χ0v) is 14.7. The summed E-state index contributed by atoms with van der Waals surface area (Å²) in [5, 5.41) is 6.46. The highest BCUT2D eigenvalue weighted by Crippen LogP contribution is 2.29. The molecule has 0 bridgehead atoms. The number of amides is 1. The number of hydrogen-bond acceptors (Lipinski definition) is 4. The van der Waals surface area contributed by atoms with Gasteiger partial charge in [-0.25, -0.2) is 4.98 Å². The summed E-state index contributed by atoms with van der Waals surface area (Å²) < 4.78 is 0.0830. The van der Waals surface area contributed by atoms with Crippen molar-refractivity contribution in [1.29, 1.82) is 0 Å². The highest BCUT2D eigenvalue weighted by Gasteiger charge is 2.26. The topological polar surface area (TPSA) is 54.0 Å². The number of nitrogens with one attached hydrogen (secondary N) is 2. The lowest BCUT2D eigenvalue weighted by Crippen LogP contribution is -2.39. The number of halogens is 1. The van der Waals surface area contributed by atoms with Gasteiger partial charge in [0.1, 0.15) is 5.82 Å². The van der Waals surface area contributed by atoms with Crippen LogP contribution in [0.15, 0.2) is 12.3 Å². The quantitative estimate of drug-likeness (QED) is 0.761. The monoisotopic (exact) mass is 329 g/mol. The molecule has 2 N–H and O–H groups in total. The Hall–Kier alpha value is -0.940. The van der Waals surface area contributed by atoms with Crippen LogP contribution in [0.2, 0.25) is 5.02 Å². The average molecular weight is 330 g/mol. The molecule has 0 spiro atoms. The average Bonchev–Trinajstić information content (AvgIpc) is 2.51. The molecule has 0 aliphatic heterocycles. The molecule has 1 heterocycles. The molecule has 0 aliphatic carbocycles. The van der Waals surface area contributed by atoms with Gasteiger partial charge in [0.2, 0.25) is 0 Å². The van der Waals surface area contributed by atoms with Crippen molar-refractivity contribution in [3.8, 4) is 0 Å². The fourth-order valence-electron chi connectivity index (χ4n) is 2.09. The van der Waals surface area contributed by atoms with E-state index in [-0.39, 0.29) is 10.7 Å². The second-order valence-electron chi connectivity index (χ2n) is 4.86. The number of rotatable bonds is 8. The van der Waals surface area contributed by atoms with E-state index in [4.69, 9.17) is 11.6 Å². The van der Waals surface area contributed by atoms with Crippen molar-refractivity contribution < 1.29 is 4.79 Å². The number of carbonyl (C=O) groups excluding carboxylic acids is 1. The zero-order valence-electron chi connectivity index (χ0n) is 13.1. The molecule has 0 saturated heterocycles. The SMILES string of the molecule is CCNc1cc(C(=O)NCC(CC)(CC)SC)c(Cl)cn1. The smallest absolute Gasteiger partial charge is 0.253 e. The van der Waals surface area contributed by atoms with Crippen LogP contribution in [0.4, 0.5) is 5.82 Å². The van der Waals surface area contributed by atoms with Gasteiger partial charge in [-0.3, -0.25) is 4.79 Å². The van der Waals surface area contributed by atoms with Gasteiger partial charge in [0.05, 0.1) is 10.6 Å². The predicted molar refractivity (Wildman–Crippen MR) is 92.6 cm³/mol.